The van der Waals surface area contributed by atoms with Crippen LogP contribution >= 0.6 is 22.7 Å². The van der Waals surface area contributed by atoms with E-state index in [0.717, 1.165) is 42.9 Å². The number of hydrogen-bond donors (Lipinski definition) is 1. The summed E-state index contributed by atoms with van der Waals surface area (Å²) < 4.78 is 7.62. The Hall–Kier alpha value is -3.74. The van der Waals surface area contributed by atoms with E-state index in [9.17, 15) is 0 Å². The van der Waals surface area contributed by atoms with Gasteiger partial charge in [0.15, 0.2) is 0 Å². The maximum atomic E-state index is 6.49. The number of nitrogens with one attached hydrogen (secondary N) is 1. The van der Waals surface area contributed by atoms with Crippen molar-refractivity contribution in [1.29, 1.82) is 0 Å². The van der Waals surface area contributed by atoms with Gasteiger partial charge in [0.2, 0.25) is 5.13 Å². The number of nitrogens with zero attached hydrogens (tertiary/aromatic N) is 2. The Balaban J connectivity index is 1.47. The van der Waals surface area contributed by atoms with Gasteiger partial charge in [-0.25, -0.2) is 4.98 Å². The molecule has 1 aliphatic heterocycles. The number of benzene rings is 3. The van der Waals surface area contributed by atoms with Crippen LogP contribution in [0.4, 0.5) is 5.13 Å². The standard InChI is InChI=1S/C28H21N3OS2/c1-18-9-2-3-10-19(18)26-20-11-4-6-13-23(20)32-27(25-15-8-16-33-25)21(26)17-29-31-28-30-22-12-5-7-14-24(22)34-28/h2-17,26H,1H3,(H,30,31)/b29-17-/t26-/m1/s1. The van der Waals surface area contributed by atoms with E-state index in [1.54, 1.807) is 22.7 Å². The first-order valence-electron chi connectivity index (χ1n) is 11.0. The molecular formula is C28H21N3OS2. The van der Waals surface area contributed by atoms with E-state index in [4.69, 9.17) is 4.74 Å². The fourth-order valence-corrected chi connectivity index (χ4v) is 5.88. The summed E-state index contributed by atoms with van der Waals surface area (Å²) in [6.07, 6.45) is 1.90. The lowest BCUT2D eigenvalue weighted by molar-refractivity contribution is 0.490. The molecule has 1 atom stereocenters. The van der Waals surface area contributed by atoms with Gasteiger partial charge in [0.1, 0.15) is 11.5 Å². The van der Waals surface area contributed by atoms with Crippen molar-refractivity contribution in [1.82, 2.24) is 4.98 Å². The van der Waals surface area contributed by atoms with Crippen LogP contribution in [0.2, 0.25) is 0 Å². The molecule has 6 rings (SSSR count). The van der Waals surface area contributed by atoms with Gasteiger partial charge in [-0.15, -0.1) is 11.3 Å². The Bertz CT molecular complexity index is 1500. The number of thiazole rings is 1. The molecule has 3 aromatic carbocycles. The van der Waals surface area contributed by atoms with E-state index in [2.05, 4.69) is 76.3 Å². The van der Waals surface area contributed by atoms with E-state index in [-0.39, 0.29) is 5.92 Å². The maximum absolute atomic E-state index is 6.49. The lowest BCUT2D eigenvalue weighted by Crippen LogP contribution is -2.18. The van der Waals surface area contributed by atoms with Crippen LogP contribution in [0.3, 0.4) is 0 Å². The van der Waals surface area contributed by atoms with Crippen LogP contribution in [0.15, 0.2) is 101 Å². The molecule has 0 fully saturated rings. The Morgan fingerprint density at radius 2 is 1.71 bits per heavy atom. The Morgan fingerprint density at radius 1 is 0.912 bits per heavy atom. The number of aryl methyl sites for hydroxylation is 1. The number of fused-ring (bicyclic) bond motifs is 2. The number of ether oxygens (including phenoxy) is 1. The zero-order valence-corrected chi connectivity index (χ0v) is 20.1. The minimum Gasteiger partial charge on any atom is -0.455 e. The number of allylic oxidation sites excluding steroid dienone is 1. The number of hydrazone groups is 1. The van der Waals surface area contributed by atoms with E-state index in [0.29, 0.717) is 0 Å². The van der Waals surface area contributed by atoms with Gasteiger partial charge in [0.05, 0.1) is 21.3 Å². The average Bonchev–Trinajstić information content (AvgIpc) is 3.54. The van der Waals surface area contributed by atoms with Crippen molar-refractivity contribution >= 4 is 50.0 Å². The molecule has 1 aliphatic rings. The lowest BCUT2D eigenvalue weighted by atomic mass is 9.80. The summed E-state index contributed by atoms with van der Waals surface area (Å²) in [4.78, 5) is 5.72. The molecule has 0 unspecified atom stereocenters. The minimum absolute atomic E-state index is 0.00386. The molecule has 0 aliphatic carbocycles. The van der Waals surface area contributed by atoms with E-state index in [1.807, 2.05) is 42.6 Å². The second-order valence-corrected chi connectivity index (χ2v) is 10.0. The lowest BCUT2D eigenvalue weighted by Gasteiger charge is -2.30. The van der Waals surface area contributed by atoms with Gasteiger partial charge in [-0.05, 0) is 47.7 Å². The molecule has 6 heteroatoms. The average molecular weight is 480 g/mol. The number of hydrogen-bond acceptors (Lipinski definition) is 6. The number of para-hydroxylation sites is 2. The molecule has 4 nitrogen and oxygen atoms in total. The van der Waals surface area contributed by atoms with Crippen molar-refractivity contribution in [2.45, 2.75) is 12.8 Å². The Morgan fingerprint density at radius 3 is 2.53 bits per heavy atom. The zero-order chi connectivity index (χ0) is 22.9. The van der Waals surface area contributed by atoms with Crippen molar-refractivity contribution in [2.24, 2.45) is 5.10 Å². The molecule has 1 N–H and O–H groups in total. The third kappa shape index (κ3) is 3.81. The van der Waals surface area contributed by atoms with Crippen LogP contribution in [-0.4, -0.2) is 11.2 Å². The topological polar surface area (TPSA) is 46.5 Å². The third-order valence-corrected chi connectivity index (χ3v) is 7.73. The smallest absolute Gasteiger partial charge is 0.204 e. The van der Waals surface area contributed by atoms with E-state index < -0.39 is 0 Å². The SMILES string of the molecule is Cc1ccccc1[C@H]1C(/C=N\Nc2nc3ccccc3s2)=C(c2cccs2)Oc2ccccc21. The first-order chi connectivity index (χ1) is 16.8. The summed E-state index contributed by atoms with van der Waals surface area (Å²) >= 11 is 3.26. The molecule has 2 aromatic heterocycles. The van der Waals surface area contributed by atoms with Crippen LogP contribution in [-0.2, 0) is 0 Å². The summed E-state index contributed by atoms with van der Waals surface area (Å²) in [5.74, 6) is 1.73. The van der Waals surface area contributed by atoms with Gasteiger partial charge in [-0.1, -0.05) is 72.0 Å². The van der Waals surface area contributed by atoms with Gasteiger partial charge >= 0.3 is 0 Å². The molecule has 5 aromatic rings. The summed E-state index contributed by atoms with van der Waals surface area (Å²) in [5, 5.41) is 7.48. The number of rotatable bonds is 5. The second kappa shape index (κ2) is 8.89. The number of aromatic nitrogens is 1. The van der Waals surface area contributed by atoms with E-state index in [1.165, 1.54) is 11.1 Å². The van der Waals surface area contributed by atoms with Crippen LogP contribution in [0.1, 0.15) is 27.5 Å². The summed E-state index contributed by atoms with van der Waals surface area (Å²) in [7, 11) is 0. The summed E-state index contributed by atoms with van der Waals surface area (Å²) in [6.45, 7) is 2.16. The van der Waals surface area contributed by atoms with Crippen molar-refractivity contribution < 1.29 is 4.74 Å². The maximum Gasteiger partial charge on any atom is 0.204 e. The molecule has 0 saturated carbocycles. The zero-order valence-electron chi connectivity index (χ0n) is 18.4. The Labute approximate surface area is 205 Å². The molecule has 0 saturated heterocycles. The van der Waals surface area contributed by atoms with Gasteiger partial charge in [-0.3, -0.25) is 5.43 Å². The van der Waals surface area contributed by atoms with Crippen molar-refractivity contribution in [3.05, 3.63) is 117 Å². The molecule has 0 radical (unpaired) electrons. The molecule has 0 bridgehead atoms. The molecular weight excluding hydrogens is 458 g/mol. The van der Waals surface area contributed by atoms with Crippen molar-refractivity contribution in [3.8, 4) is 5.75 Å². The van der Waals surface area contributed by atoms with Gasteiger partial charge in [0, 0.05) is 17.1 Å². The number of thiophene rings is 1. The number of anilines is 1. The molecule has 0 amide bonds. The largest absolute Gasteiger partial charge is 0.455 e. The third-order valence-electron chi connectivity index (χ3n) is 5.92. The van der Waals surface area contributed by atoms with Gasteiger partial charge in [-0.2, -0.15) is 5.10 Å². The molecule has 3 heterocycles. The highest BCUT2D eigenvalue weighted by molar-refractivity contribution is 7.22. The normalized spacial score (nSPS) is 15.5. The predicted molar refractivity (Wildman–Crippen MR) is 143 cm³/mol. The minimum atomic E-state index is 0.00386. The van der Waals surface area contributed by atoms with Crippen molar-refractivity contribution in [2.75, 3.05) is 5.43 Å². The second-order valence-electron chi connectivity index (χ2n) is 8.05. The van der Waals surface area contributed by atoms with Gasteiger partial charge in [0.25, 0.3) is 0 Å². The van der Waals surface area contributed by atoms with Crippen LogP contribution in [0.25, 0.3) is 16.0 Å². The van der Waals surface area contributed by atoms with Crippen LogP contribution in [0, 0.1) is 6.92 Å². The van der Waals surface area contributed by atoms with E-state index >= 15 is 0 Å². The first kappa shape index (κ1) is 20.8. The highest BCUT2D eigenvalue weighted by Gasteiger charge is 2.32. The Kier molecular flexibility index (Phi) is 5.45. The van der Waals surface area contributed by atoms with Gasteiger partial charge < -0.3 is 4.74 Å². The fourth-order valence-electron chi connectivity index (χ4n) is 4.34. The highest BCUT2D eigenvalue weighted by atomic mass is 32.1. The van der Waals surface area contributed by atoms with Crippen LogP contribution in [0.5, 0.6) is 5.75 Å². The summed E-state index contributed by atoms with van der Waals surface area (Å²) in [6, 6.07) is 29.1. The molecule has 0 spiro atoms. The predicted octanol–water partition coefficient (Wildman–Crippen LogP) is 7.70. The quantitative estimate of drug-likeness (QED) is 0.207. The van der Waals surface area contributed by atoms with Crippen molar-refractivity contribution in [3.63, 3.8) is 0 Å². The fraction of sp³-hybridized carbons (Fsp3) is 0.0714. The first-order valence-corrected chi connectivity index (χ1v) is 12.7. The molecule has 166 valence electrons. The van der Waals surface area contributed by atoms with Crippen LogP contribution < -0.4 is 10.2 Å². The molecule has 34 heavy (non-hydrogen) atoms. The highest BCUT2D eigenvalue weighted by Crippen LogP contribution is 2.46. The summed E-state index contributed by atoms with van der Waals surface area (Å²) in [5.41, 5.74) is 8.75. The monoisotopic (exact) mass is 479 g/mol.